The van der Waals surface area contributed by atoms with Crippen molar-refractivity contribution >= 4 is 50.8 Å². The number of rotatable bonds is 3. The molecule has 3 nitrogen and oxygen atoms in total. The summed E-state index contributed by atoms with van der Waals surface area (Å²) in [6.45, 7) is 0. The lowest BCUT2D eigenvalue weighted by Gasteiger charge is -2.08. The number of anilines is 2. The number of benzene rings is 1. The zero-order valence-electron chi connectivity index (χ0n) is 9.25. The Morgan fingerprint density at radius 1 is 1.33 bits per heavy atom. The first-order valence-electron chi connectivity index (χ1n) is 4.89. The van der Waals surface area contributed by atoms with Crippen molar-refractivity contribution in [2.75, 3.05) is 11.6 Å². The van der Waals surface area contributed by atoms with E-state index in [9.17, 15) is 4.39 Å². The van der Waals surface area contributed by atoms with Crippen LogP contribution in [0.3, 0.4) is 0 Å². The van der Waals surface area contributed by atoms with Gasteiger partial charge in [0.05, 0.1) is 5.69 Å². The third kappa shape index (κ3) is 3.34. The summed E-state index contributed by atoms with van der Waals surface area (Å²) in [5.41, 5.74) is 0.325. The molecule has 2 aromatic rings. The third-order valence-electron chi connectivity index (χ3n) is 2.05. The third-order valence-corrected chi connectivity index (χ3v) is 3.28. The lowest BCUT2D eigenvalue weighted by Crippen LogP contribution is -1.98. The summed E-state index contributed by atoms with van der Waals surface area (Å²) in [5.74, 6) is 0.0926. The molecule has 0 saturated heterocycles. The minimum atomic E-state index is -0.362. The number of aromatic nitrogens is 2. The first kappa shape index (κ1) is 13.6. The first-order valence-corrected chi connectivity index (χ1v) is 7.28. The quantitative estimate of drug-likeness (QED) is 0.503. The maximum absolute atomic E-state index is 13.6. The van der Waals surface area contributed by atoms with Gasteiger partial charge in [-0.3, -0.25) is 0 Å². The molecule has 0 aliphatic carbocycles. The number of nitrogens with one attached hydrogen (secondary N) is 1. The van der Waals surface area contributed by atoms with E-state index in [1.807, 2.05) is 6.26 Å². The van der Waals surface area contributed by atoms with Gasteiger partial charge in [-0.25, -0.2) is 14.4 Å². The molecule has 0 bridgehead atoms. The molecule has 7 heteroatoms. The van der Waals surface area contributed by atoms with Crippen molar-refractivity contribution in [3.05, 3.63) is 39.7 Å². The standard InChI is InChI=1S/C11H8BrClFN3S/c1-18-11-16-9(13)5-10(17-11)15-8-4-6(12)2-3-7(8)14/h2-5H,1H3,(H,15,16,17). The summed E-state index contributed by atoms with van der Waals surface area (Å²) >= 11 is 10.5. The summed E-state index contributed by atoms with van der Waals surface area (Å²) in [4.78, 5) is 8.20. The van der Waals surface area contributed by atoms with Crippen molar-refractivity contribution < 1.29 is 4.39 Å². The van der Waals surface area contributed by atoms with Crippen molar-refractivity contribution in [3.63, 3.8) is 0 Å². The molecule has 0 spiro atoms. The second kappa shape index (κ2) is 5.86. The van der Waals surface area contributed by atoms with Crippen LogP contribution in [0.1, 0.15) is 0 Å². The van der Waals surface area contributed by atoms with Crippen molar-refractivity contribution in [2.24, 2.45) is 0 Å². The molecule has 0 amide bonds. The topological polar surface area (TPSA) is 37.8 Å². The molecule has 1 N–H and O–H groups in total. The van der Waals surface area contributed by atoms with Crippen molar-refractivity contribution in [1.82, 2.24) is 9.97 Å². The second-order valence-electron chi connectivity index (χ2n) is 3.31. The van der Waals surface area contributed by atoms with Crippen LogP contribution in [0.2, 0.25) is 5.15 Å². The van der Waals surface area contributed by atoms with Crippen LogP contribution < -0.4 is 5.32 Å². The minimum absolute atomic E-state index is 0.312. The van der Waals surface area contributed by atoms with Gasteiger partial charge in [0.2, 0.25) is 0 Å². The lowest BCUT2D eigenvalue weighted by molar-refractivity contribution is 0.631. The smallest absolute Gasteiger partial charge is 0.190 e. The molecular formula is C11H8BrClFN3S. The molecule has 1 heterocycles. The van der Waals surface area contributed by atoms with Crippen LogP contribution in [0.5, 0.6) is 0 Å². The molecule has 94 valence electrons. The minimum Gasteiger partial charge on any atom is -0.338 e. The molecule has 0 aliphatic rings. The molecule has 0 saturated carbocycles. The molecule has 0 radical (unpaired) electrons. The van der Waals surface area contributed by atoms with Gasteiger partial charge in [0, 0.05) is 10.5 Å². The number of thioether (sulfide) groups is 1. The predicted molar refractivity (Wildman–Crippen MR) is 76.2 cm³/mol. The number of hydrogen-bond donors (Lipinski definition) is 1. The Morgan fingerprint density at radius 2 is 2.11 bits per heavy atom. The van der Waals surface area contributed by atoms with Crippen LogP contribution in [-0.2, 0) is 0 Å². The maximum atomic E-state index is 13.6. The fourth-order valence-electron chi connectivity index (χ4n) is 1.28. The van der Waals surface area contributed by atoms with Gasteiger partial charge in [-0.2, -0.15) is 0 Å². The largest absolute Gasteiger partial charge is 0.338 e. The highest BCUT2D eigenvalue weighted by molar-refractivity contribution is 9.10. The van der Waals surface area contributed by atoms with E-state index in [0.717, 1.165) is 4.47 Å². The SMILES string of the molecule is CSc1nc(Cl)cc(Nc2cc(Br)ccc2F)n1. The van der Waals surface area contributed by atoms with Gasteiger partial charge in [0.1, 0.15) is 16.8 Å². The Morgan fingerprint density at radius 3 is 2.83 bits per heavy atom. The number of halogens is 3. The van der Waals surface area contributed by atoms with Gasteiger partial charge in [0.15, 0.2) is 5.16 Å². The van der Waals surface area contributed by atoms with Gasteiger partial charge in [-0.15, -0.1) is 0 Å². The van der Waals surface area contributed by atoms with Crippen LogP contribution in [0.15, 0.2) is 33.9 Å². The highest BCUT2D eigenvalue weighted by Crippen LogP contribution is 2.25. The van der Waals surface area contributed by atoms with E-state index in [1.54, 1.807) is 18.2 Å². The average Bonchev–Trinajstić information content (AvgIpc) is 2.33. The van der Waals surface area contributed by atoms with Gasteiger partial charge in [0.25, 0.3) is 0 Å². The van der Waals surface area contributed by atoms with Crippen molar-refractivity contribution in [3.8, 4) is 0 Å². The van der Waals surface area contributed by atoms with E-state index in [0.29, 0.717) is 21.8 Å². The highest BCUT2D eigenvalue weighted by atomic mass is 79.9. The highest BCUT2D eigenvalue weighted by Gasteiger charge is 2.06. The molecule has 18 heavy (non-hydrogen) atoms. The van der Waals surface area contributed by atoms with Gasteiger partial charge < -0.3 is 5.32 Å². The average molecular weight is 349 g/mol. The fourth-order valence-corrected chi connectivity index (χ4v) is 2.26. The second-order valence-corrected chi connectivity index (χ2v) is 5.39. The molecular weight excluding hydrogens is 341 g/mol. The van der Waals surface area contributed by atoms with E-state index in [1.165, 1.54) is 17.8 Å². The van der Waals surface area contributed by atoms with Crippen LogP contribution in [0.4, 0.5) is 15.9 Å². The molecule has 0 aliphatic heterocycles. The van der Waals surface area contributed by atoms with Crippen LogP contribution >= 0.6 is 39.3 Å². The molecule has 1 aromatic carbocycles. The predicted octanol–water partition coefficient (Wildman–Crippen LogP) is 4.50. The van der Waals surface area contributed by atoms with E-state index >= 15 is 0 Å². The Bertz CT molecular complexity index is 582. The van der Waals surface area contributed by atoms with E-state index < -0.39 is 0 Å². The Hall–Kier alpha value is -0.850. The summed E-state index contributed by atoms with van der Waals surface area (Å²) in [5, 5.41) is 3.72. The molecule has 0 unspecified atom stereocenters. The zero-order valence-corrected chi connectivity index (χ0v) is 12.4. The van der Waals surface area contributed by atoms with Crippen molar-refractivity contribution in [1.29, 1.82) is 0 Å². The fraction of sp³-hybridized carbons (Fsp3) is 0.0909. The van der Waals surface area contributed by atoms with Crippen LogP contribution in [0.25, 0.3) is 0 Å². The molecule has 1 aromatic heterocycles. The maximum Gasteiger partial charge on any atom is 0.190 e. The van der Waals surface area contributed by atoms with Gasteiger partial charge >= 0.3 is 0 Å². The zero-order chi connectivity index (χ0) is 13.1. The van der Waals surface area contributed by atoms with E-state index in [4.69, 9.17) is 11.6 Å². The van der Waals surface area contributed by atoms with Gasteiger partial charge in [-0.05, 0) is 24.5 Å². The Balaban J connectivity index is 2.33. The summed E-state index contributed by atoms with van der Waals surface area (Å²) < 4.78 is 14.3. The number of hydrogen-bond acceptors (Lipinski definition) is 4. The van der Waals surface area contributed by atoms with E-state index in [-0.39, 0.29) is 5.82 Å². The molecule has 2 rings (SSSR count). The molecule has 0 atom stereocenters. The summed E-state index contributed by atoms with van der Waals surface area (Å²) in [7, 11) is 0. The van der Waals surface area contributed by atoms with Gasteiger partial charge in [-0.1, -0.05) is 39.3 Å². The van der Waals surface area contributed by atoms with Crippen LogP contribution in [0, 0.1) is 5.82 Å². The Labute approximate surface area is 121 Å². The Kier molecular flexibility index (Phi) is 4.42. The normalized spacial score (nSPS) is 10.4. The van der Waals surface area contributed by atoms with Crippen LogP contribution in [-0.4, -0.2) is 16.2 Å². The van der Waals surface area contributed by atoms with E-state index in [2.05, 4.69) is 31.2 Å². The summed E-state index contributed by atoms with van der Waals surface area (Å²) in [6, 6.07) is 6.16. The van der Waals surface area contributed by atoms with Crippen molar-refractivity contribution in [2.45, 2.75) is 5.16 Å². The lowest BCUT2D eigenvalue weighted by atomic mass is 10.3. The number of nitrogens with zero attached hydrogens (tertiary/aromatic N) is 2. The molecule has 0 fully saturated rings. The summed E-state index contributed by atoms with van der Waals surface area (Å²) in [6.07, 6.45) is 1.84. The monoisotopic (exact) mass is 347 g/mol. The first-order chi connectivity index (χ1) is 8.58.